The Morgan fingerprint density at radius 1 is 0.923 bits per heavy atom. The molecule has 0 bridgehead atoms. The van der Waals surface area contributed by atoms with Crippen molar-refractivity contribution in [3.05, 3.63) is 0 Å². The van der Waals surface area contributed by atoms with E-state index in [1.54, 1.807) is 0 Å². The predicted molar refractivity (Wildman–Crippen MR) is 59.0 cm³/mol. The summed E-state index contributed by atoms with van der Waals surface area (Å²) in [5.41, 5.74) is 0. The fourth-order valence-electron chi connectivity index (χ4n) is 2.04. The van der Waals surface area contributed by atoms with E-state index < -0.39 is 0 Å². The minimum atomic E-state index is 1.00. The van der Waals surface area contributed by atoms with Crippen LogP contribution < -0.4 is 0 Å². The molecule has 1 saturated carbocycles. The molecule has 1 nitrogen and oxygen atoms in total. The molecule has 0 aromatic heterocycles. The lowest BCUT2D eigenvalue weighted by atomic mass is 9.90. The maximum Gasteiger partial charge on any atom is 0.00952 e. The lowest BCUT2D eigenvalue weighted by Gasteiger charge is -2.39. The molecule has 2 aliphatic rings. The second-order valence-electron chi connectivity index (χ2n) is 4.39. The van der Waals surface area contributed by atoms with E-state index in [1.807, 2.05) is 0 Å². The van der Waals surface area contributed by atoms with Crippen molar-refractivity contribution in [2.45, 2.75) is 64.8 Å². The van der Waals surface area contributed by atoms with Gasteiger partial charge in [0.1, 0.15) is 0 Å². The Morgan fingerprint density at radius 2 is 1.46 bits per heavy atom. The number of hydrogen-bond donors (Lipinski definition) is 0. The highest BCUT2D eigenvalue weighted by Crippen LogP contribution is 2.26. The van der Waals surface area contributed by atoms with Gasteiger partial charge in [0.25, 0.3) is 0 Å². The van der Waals surface area contributed by atoms with Gasteiger partial charge in [-0.15, -0.1) is 0 Å². The maximum atomic E-state index is 2.70. The van der Waals surface area contributed by atoms with E-state index in [4.69, 9.17) is 0 Å². The fraction of sp³-hybridized carbons (Fsp3) is 1.00. The molecule has 0 radical (unpaired) electrons. The van der Waals surface area contributed by atoms with Gasteiger partial charge >= 0.3 is 0 Å². The van der Waals surface area contributed by atoms with Crippen LogP contribution in [0.15, 0.2) is 0 Å². The van der Waals surface area contributed by atoms with Crippen molar-refractivity contribution in [3.8, 4) is 0 Å². The average Bonchev–Trinajstić information content (AvgIpc) is 2.04. The summed E-state index contributed by atoms with van der Waals surface area (Å²) >= 11 is 0. The molecule has 2 fully saturated rings. The van der Waals surface area contributed by atoms with E-state index in [0.29, 0.717) is 0 Å². The van der Waals surface area contributed by atoms with E-state index in [0.717, 1.165) is 6.04 Å². The zero-order chi connectivity index (χ0) is 9.52. The third-order valence-corrected chi connectivity index (χ3v) is 2.98. The number of rotatable bonds is 1. The van der Waals surface area contributed by atoms with Gasteiger partial charge in [-0.05, 0) is 38.8 Å². The Bertz CT molecular complexity index is 112. The van der Waals surface area contributed by atoms with Gasteiger partial charge in [0.2, 0.25) is 0 Å². The van der Waals surface area contributed by atoms with Crippen molar-refractivity contribution in [1.82, 2.24) is 4.90 Å². The second-order valence-corrected chi connectivity index (χ2v) is 4.39. The molecule has 0 aromatic carbocycles. The molecule has 13 heavy (non-hydrogen) atoms. The Hall–Kier alpha value is -0.0400. The molecule has 0 N–H and O–H groups in total. The molecule has 0 atom stereocenters. The number of piperidine rings is 1. The van der Waals surface area contributed by atoms with Crippen LogP contribution in [0.1, 0.15) is 58.8 Å². The van der Waals surface area contributed by atoms with E-state index in [-0.39, 0.29) is 0 Å². The number of nitrogens with zero attached hydrogens (tertiary/aromatic N) is 1. The first-order chi connectivity index (χ1) is 6.38. The third kappa shape index (κ3) is 3.68. The number of hydrogen-bond acceptors (Lipinski definition) is 1. The van der Waals surface area contributed by atoms with Crippen molar-refractivity contribution in [2.24, 2.45) is 0 Å². The molecule has 1 aliphatic carbocycles. The highest BCUT2D eigenvalue weighted by Gasteiger charge is 2.25. The fourth-order valence-corrected chi connectivity index (χ4v) is 2.04. The van der Waals surface area contributed by atoms with Crippen molar-refractivity contribution < 1.29 is 0 Å². The molecule has 78 valence electrons. The molecule has 1 heterocycles. The van der Waals surface area contributed by atoms with Gasteiger partial charge in [-0.2, -0.15) is 0 Å². The van der Waals surface area contributed by atoms with Crippen molar-refractivity contribution in [3.63, 3.8) is 0 Å². The third-order valence-electron chi connectivity index (χ3n) is 2.98. The molecule has 0 amide bonds. The minimum Gasteiger partial charge on any atom is -0.300 e. The molecule has 1 saturated heterocycles. The van der Waals surface area contributed by atoms with E-state index in [9.17, 15) is 0 Å². The summed E-state index contributed by atoms with van der Waals surface area (Å²) in [6.45, 7) is 7.04. The summed E-state index contributed by atoms with van der Waals surface area (Å²) in [6, 6.07) is 1.00. The van der Waals surface area contributed by atoms with Crippen LogP contribution in [-0.4, -0.2) is 24.0 Å². The maximum absolute atomic E-state index is 2.70. The van der Waals surface area contributed by atoms with E-state index in [2.05, 4.69) is 18.7 Å². The molecular weight excluding hydrogens is 158 g/mol. The quantitative estimate of drug-likeness (QED) is 0.602. The summed E-state index contributed by atoms with van der Waals surface area (Å²) in [4.78, 5) is 2.70. The Balaban J connectivity index is 0.000000251. The second kappa shape index (κ2) is 6.42. The summed E-state index contributed by atoms with van der Waals surface area (Å²) in [6.07, 6.45) is 10.1. The average molecular weight is 183 g/mol. The molecule has 0 unspecified atom stereocenters. The molecule has 0 spiro atoms. The highest BCUT2D eigenvalue weighted by atomic mass is 15.2. The predicted octanol–water partition coefficient (Wildman–Crippen LogP) is 3.44. The molecule has 2 rings (SSSR count). The van der Waals surface area contributed by atoms with Gasteiger partial charge in [-0.25, -0.2) is 0 Å². The SMILES string of the molecule is C1CCN(C2CCC2)CC1.CCC. The van der Waals surface area contributed by atoms with Gasteiger partial charge in [-0.3, -0.25) is 0 Å². The highest BCUT2D eigenvalue weighted by molar-refractivity contribution is 4.81. The Morgan fingerprint density at radius 3 is 1.85 bits per heavy atom. The van der Waals surface area contributed by atoms with Crippen LogP contribution in [0, 0.1) is 0 Å². The molecular formula is C12H25N. The Kier molecular flexibility index (Phi) is 5.45. The summed E-state index contributed by atoms with van der Waals surface area (Å²) in [7, 11) is 0. The van der Waals surface area contributed by atoms with Gasteiger partial charge < -0.3 is 4.90 Å². The zero-order valence-electron chi connectivity index (χ0n) is 9.39. The first-order valence-electron chi connectivity index (χ1n) is 6.12. The van der Waals surface area contributed by atoms with Crippen LogP contribution >= 0.6 is 0 Å². The number of likely N-dealkylation sites (tertiary alicyclic amines) is 1. The van der Waals surface area contributed by atoms with Crippen molar-refractivity contribution in [2.75, 3.05) is 13.1 Å². The van der Waals surface area contributed by atoms with Gasteiger partial charge in [0, 0.05) is 6.04 Å². The standard InChI is InChI=1S/C9H17N.C3H8/c1-2-7-10(8-3-1)9-5-4-6-9;1-3-2/h9H,1-8H2;3H2,1-2H3. The molecule has 1 heteroatoms. The first-order valence-corrected chi connectivity index (χ1v) is 6.12. The summed E-state index contributed by atoms with van der Waals surface area (Å²) < 4.78 is 0. The summed E-state index contributed by atoms with van der Waals surface area (Å²) in [5.74, 6) is 0. The van der Waals surface area contributed by atoms with Crippen LogP contribution in [0.25, 0.3) is 0 Å². The normalized spacial score (nSPS) is 24.5. The lowest BCUT2D eigenvalue weighted by molar-refractivity contribution is 0.105. The van der Waals surface area contributed by atoms with Crippen molar-refractivity contribution in [1.29, 1.82) is 0 Å². The molecule has 0 aromatic rings. The Labute approximate surface area is 83.5 Å². The lowest BCUT2D eigenvalue weighted by Crippen LogP contribution is -2.42. The zero-order valence-corrected chi connectivity index (χ0v) is 9.39. The summed E-state index contributed by atoms with van der Waals surface area (Å²) in [5, 5.41) is 0. The smallest absolute Gasteiger partial charge is 0.00952 e. The van der Waals surface area contributed by atoms with Crippen LogP contribution in [0.4, 0.5) is 0 Å². The first kappa shape index (κ1) is 11.0. The van der Waals surface area contributed by atoms with E-state index in [1.165, 1.54) is 58.0 Å². The van der Waals surface area contributed by atoms with Gasteiger partial charge in [0.05, 0.1) is 0 Å². The van der Waals surface area contributed by atoms with Crippen LogP contribution in [-0.2, 0) is 0 Å². The molecule has 1 aliphatic heterocycles. The largest absolute Gasteiger partial charge is 0.300 e. The van der Waals surface area contributed by atoms with Crippen LogP contribution in [0.3, 0.4) is 0 Å². The van der Waals surface area contributed by atoms with Gasteiger partial charge in [0.15, 0.2) is 0 Å². The monoisotopic (exact) mass is 183 g/mol. The van der Waals surface area contributed by atoms with Gasteiger partial charge in [-0.1, -0.05) is 33.1 Å². The van der Waals surface area contributed by atoms with E-state index >= 15 is 0 Å². The van der Waals surface area contributed by atoms with Crippen molar-refractivity contribution >= 4 is 0 Å². The topological polar surface area (TPSA) is 3.24 Å². The van der Waals surface area contributed by atoms with Crippen LogP contribution in [0.2, 0.25) is 0 Å². The van der Waals surface area contributed by atoms with Crippen LogP contribution in [0.5, 0.6) is 0 Å². The minimum absolute atomic E-state index is 1.00.